The molecule has 2 aromatic carbocycles. The van der Waals surface area contributed by atoms with Crippen LogP contribution in [0.2, 0.25) is 10.0 Å². The van der Waals surface area contributed by atoms with Gasteiger partial charge < -0.3 is 42.6 Å². The molecule has 0 aliphatic rings. The summed E-state index contributed by atoms with van der Waals surface area (Å²) in [7, 11) is 11.6. The Morgan fingerprint density at radius 2 is 0.925 bits per heavy atom. The van der Waals surface area contributed by atoms with E-state index in [1.54, 1.807) is 19.9 Å². The first-order valence-electron chi connectivity index (χ1n) is 11.5. The lowest BCUT2D eigenvalue weighted by molar-refractivity contribution is -0.138. The Morgan fingerprint density at radius 1 is 0.600 bits per heavy atom. The second-order valence-corrected chi connectivity index (χ2v) is 8.14. The zero-order chi connectivity index (χ0) is 30.6. The standard InChI is InChI=1S/C16H21ClO6.C11H13ClO5/c1-7-23-16(18)9(2)8-10-11(17)13(20-4)15(22-6)14(21-5)12(10)19-3;1-14-8-6(5-13)7(12)9(15-2)11(17-4)10(8)16-3/h8H,7H2,1-6H3;5H,1-4H3/b9-8+;. The van der Waals surface area contributed by atoms with Crippen molar-refractivity contribution in [1.29, 1.82) is 0 Å². The van der Waals surface area contributed by atoms with Crippen LogP contribution in [0.25, 0.3) is 6.08 Å². The van der Waals surface area contributed by atoms with Crippen molar-refractivity contribution in [3.8, 4) is 46.0 Å². The fraction of sp³-hybridized carbons (Fsp3) is 0.407. The number of carbonyl (C=O) groups is 2. The molecule has 0 aliphatic heterocycles. The largest absolute Gasteiger partial charge is 0.492 e. The van der Waals surface area contributed by atoms with Gasteiger partial charge in [0.05, 0.1) is 74.1 Å². The van der Waals surface area contributed by atoms with E-state index in [2.05, 4.69) is 0 Å². The van der Waals surface area contributed by atoms with Gasteiger partial charge in [0.15, 0.2) is 29.3 Å². The van der Waals surface area contributed by atoms with Crippen molar-refractivity contribution in [2.24, 2.45) is 0 Å². The summed E-state index contributed by atoms with van der Waals surface area (Å²) in [6.07, 6.45) is 2.13. The van der Waals surface area contributed by atoms with E-state index >= 15 is 0 Å². The molecule has 13 heteroatoms. The van der Waals surface area contributed by atoms with Gasteiger partial charge in [-0.3, -0.25) is 4.79 Å². The van der Waals surface area contributed by atoms with Crippen molar-refractivity contribution >= 4 is 41.5 Å². The van der Waals surface area contributed by atoms with Crippen LogP contribution in [0.4, 0.5) is 0 Å². The van der Waals surface area contributed by atoms with Crippen LogP contribution in [0.1, 0.15) is 29.8 Å². The number of benzene rings is 2. The van der Waals surface area contributed by atoms with E-state index in [1.165, 1.54) is 56.9 Å². The Balaban J connectivity index is 0.000000418. The molecular weight excluding hydrogens is 571 g/mol. The van der Waals surface area contributed by atoms with Crippen LogP contribution in [-0.2, 0) is 9.53 Å². The summed E-state index contributed by atoms with van der Waals surface area (Å²) in [5, 5.41) is 0.364. The smallest absolute Gasteiger partial charge is 0.333 e. The van der Waals surface area contributed by atoms with Crippen molar-refractivity contribution < 1.29 is 52.2 Å². The van der Waals surface area contributed by atoms with Crippen LogP contribution in [-0.4, -0.2) is 75.7 Å². The Labute approximate surface area is 243 Å². The second-order valence-electron chi connectivity index (χ2n) is 7.39. The molecule has 11 nitrogen and oxygen atoms in total. The van der Waals surface area contributed by atoms with Gasteiger partial charge in [-0.25, -0.2) is 4.79 Å². The van der Waals surface area contributed by atoms with Crippen molar-refractivity contribution in [2.75, 3.05) is 63.5 Å². The molecule has 0 amide bonds. The average Bonchev–Trinajstić information content (AvgIpc) is 2.96. The average molecular weight is 605 g/mol. The van der Waals surface area contributed by atoms with E-state index in [-0.39, 0.29) is 51.0 Å². The molecule has 0 atom stereocenters. The van der Waals surface area contributed by atoms with E-state index in [0.717, 1.165) is 0 Å². The molecule has 0 aromatic heterocycles. The number of methoxy groups -OCH3 is 8. The van der Waals surface area contributed by atoms with Gasteiger partial charge in [0, 0.05) is 11.1 Å². The first-order chi connectivity index (χ1) is 19.1. The zero-order valence-electron chi connectivity index (χ0n) is 24.1. The summed E-state index contributed by atoms with van der Waals surface area (Å²) in [6.45, 7) is 3.64. The summed E-state index contributed by atoms with van der Waals surface area (Å²) in [4.78, 5) is 22.9. The van der Waals surface area contributed by atoms with Crippen molar-refractivity contribution in [2.45, 2.75) is 13.8 Å². The molecule has 0 saturated carbocycles. The first kappa shape index (κ1) is 34.3. The Morgan fingerprint density at radius 3 is 1.25 bits per heavy atom. The Bertz CT molecular complexity index is 1230. The molecular formula is C27H34Cl2O11. The van der Waals surface area contributed by atoms with E-state index in [0.29, 0.717) is 34.7 Å². The minimum absolute atomic E-state index is 0.122. The number of aldehydes is 1. The van der Waals surface area contributed by atoms with Crippen LogP contribution in [0.3, 0.4) is 0 Å². The molecule has 0 radical (unpaired) electrons. The number of ether oxygens (including phenoxy) is 9. The molecule has 0 saturated heterocycles. The Hall–Kier alpha value is -3.70. The maximum Gasteiger partial charge on any atom is 0.333 e. The first-order valence-corrected chi connectivity index (χ1v) is 12.3. The van der Waals surface area contributed by atoms with Crippen LogP contribution >= 0.6 is 23.2 Å². The SMILES string of the molecule is CCOC(=O)/C(C)=C/c1c(Cl)c(OC)c(OC)c(OC)c1OC.COc1c(Cl)c(C=O)c(OC)c(OC)c1OC. The molecule has 0 bridgehead atoms. The number of carbonyl (C=O) groups excluding carboxylic acids is 2. The molecule has 2 rings (SSSR count). The summed E-state index contributed by atoms with van der Waals surface area (Å²) >= 11 is 12.4. The maximum atomic E-state index is 11.8. The van der Waals surface area contributed by atoms with Crippen molar-refractivity contribution in [1.82, 2.24) is 0 Å². The van der Waals surface area contributed by atoms with Crippen LogP contribution < -0.4 is 37.9 Å². The van der Waals surface area contributed by atoms with E-state index in [9.17, 15) is 9.59 Å². The third kappa shape index (κ3) is 7.08. The van der Waals surface area contributed by atoms with Crippen molar-refractivity contribution in [3.05, 3.63) is 26.7 Å². The molecule has 2 aromatic rings. The summed E-state index contributed by atoms with van der Waals surface area (Å²) < 4.78 is 46.8. The van der Waals surface area contributed by atoms with Crippen molar-refractivity contribution in [3.63, 3.8) is 0 Å². The zero-order valence-corrected chi connectivity index (χ0v) is 25.6. The maximum absolute atomic E-state index is 11.8. The molecule has 0 heterocycles. The molecule has 222 valence electrons. The third-order valence-electron chi connectivity index (χ3n) is 5.31. The third-order valence-corrected chi connectivity index (χ3v) is 6.06. The molecule has 0 spiro atoms. The number of esters is 1. The lowest BCUT2D eigenvalue weighted by Gasteiger charge is -2.19. The van der Waals surface area contributed by atoms with Gasteiger partial charge >= 0.3 is 5.97 Å². The highest BCUT2D eigenvalue weighted by Crippen LogP contribution is 2.53. The number of hydrogen-bond donors (Lipinski definition) is 0. The van der Waals surface area contributed by atoms with Gasteiger partial charge in [-0.1, -0.05) is 23.2 Å². The van der Waals surface area contributed by atoms with E-state index in [1.807, 2.05) is 0 Å². The normalized spacial score (nSPS) is 10.4. The summed E-state index contributed by atoms with van der Waals surface area (Å²) in [6, 6.07) is 0. The van der Waals surface area contributed by atoms with Gasteiger partial charge in [-0.05, 0) is 19.9 Å². The number of rotatable bonds is 12. The fourth-order valence-corrected chi connectivity index (χ4v) is 4.16. The number of hydrogen-bond acceptors (Lipinski definition) is 11. The van der Waals surface area contributed by atoms with Gasteiger partial charge in [0.25, 0.3) is 0 Å². The van der Waals surface area contributed by atoms with E-state index in [4.69, 9.17) is 65.8 Å². The monoisotopic (exact) mass is 604 g/mol. The quantitative estimate of drug-likeness (QED) is 0.173. The fourth-order valence-electron chi connectivity index (χ4n) is 3.57. The number of halogens is 2. The van der Waals surface area contributed by atoms with Crippen LogP contribution in [0, 0.1) is 0 Å². The highest BCUT2D eigenvalue weighted by molar-refractivity contribution is 6.35. The molecule has 40 heavy (non-hydrogen) atoms. The lowest BCUT2D eigenvalue weighted by Crippen LogP contribution is -2.06. The minimum Gasteiger partial charge on any atom is -0.492 e. The molecule has 0 N–H and O–H groups in total. The second kappa shape index (κ2) is 16.4. The summed E-state index contributed by atoms with van der Waals surface area (Å²) in [5.41, 5.74) is 0.958. The van der Waals surface area contributed by atoms with Gasteiger partial charge in [-0.2, -0.15) is 0 Å². The van der Waals surface area contributed by atoms with Gasteiger partial charge in [0.2, 0.25) is 23.0 Å². The molecule has 0 aliphatic carbocycles. The van der Waals surface area contributed by atoms with Crippen LogP contribution in [0.15, 0.2) is 5.57 Å². The van der Waals surface area contributed by atoms with Gasteiger partial charge in [-0.15, -0.1) is 0 Å². The van der Waals surface area contributed by atoms with E-state index < -0.39 is 5.97 Å². The predicted octanol–water partition coefficient (Wildman–Crippen LogP) is 5.53. The molecule has 0 unspecified atom stereocenters. The van der Waals surface area contributed by atoms with Gasteiger partial charge in [0.1, 0.15) is 5.02 Å². The highest BCUT2D eigenvalue weighted by Gasteiger charge is 2.27. The Kier molecular flexibility index (Phi) is 14.1. The topological polar surface area (TPSA) is 117 Å². The minimum atomic E-state index is -0.445. The summed E-state index contributed by atoms with van der Waals surface area (Å²) in [5.74, 6) is 1.79. The molecule has 0 fully saturated rings. The lowest BCUT2D eigenvalue weighted by atomic mass is 10.1. The predicted molar refractivity (Wildman–Crippen MR) is 151 cm³/mol. The highest BCUT2D eigenvalue weighted by atomic mass is 35.5. The van der Waals surface area contributed by atoms with Crippen LogP contribution in [0.5, 0.6) is 46.0 Å².